The van der Waals surface area contributed by atoms with Crippen LogP contribution in [0.3, 0.4) is 0 Å². The molecule has 0 atom stereocenters. The Morgan fingerprint density at radius 2 is 1.75 bits per heavy atom. The summed E-state index contributed by atoms with van der Waals surface area (Å²) < 4.78 is 4.86. The van der Waals surface area contributed by atoms with Crippen LogP contribution in [0.5, 0.6) is 0 Å². The topological polar surface area (TPSA) is 38.3 Å². The summed E-state index contributed by atoms with van der Waals surface area (Å²) in [7, 11) is 0. The summed E-state index contributed by atoms with van der Waals surface area (Å²) in [5.74, 6) is -0.172. The van der Waals surface area contributed by atoms with Crippen molar-refractivity contribution in [1.82, 2.24) is 5.32 Å². The van der Waals surface area contributed by atoms with Gasteiger partial charge in [0.1, 0.15) is 0 Å². The zero-order chi connectivity index (χ0) is 12.8. The first-order chi connectivity index (χ1) is 7.16. The molecule has 0 aromatic heterocycles. The number of esters is 1. The lowest BCUT2D eigenvalue weighted by molar-refractivity contribution is -0.142. The van der Waals surface area contributed by atoms with E-state index >= 15 is 0 Å². The Morgan fingerprint density at radius 1 is 1.19 bits per heavy atom. The van der Waals surface area contributed by atoms with Gasteiger partial charge >= 0.3 is 5.97 Å². The summed E-state index contributed by atoms with van der Waals surface area (Å²) in [6.45, 7) is 14.6. The van der Waals surface area contributed by atoms with E-state index in [0.29, 0.717) is 18.6 Å². The van der Waals surface area contributed by atoms with Gasteiger partial charge in [0, 0.05) is 6.54 Å². The van der Waals surface area contributed by atoms with Crippen LogP contribution in [-0.2, 0) is 9.53 Å². The fourth-order valence-corrected chi connectivity index (χ4v) is 2.21. The lowest BCUT2D eigenvalue weighted by Gasteiger charge is -2.32. The number of carbonyl (C=O) groups is 1. The molecule has 0 unspecified atom stereocenters. The summed E-state index contributed by atoms with van der Waals surface area (Å²) in [4.78, 5) is 11.1. The Bertz CT molecular complexity index is 216. The average molecular weight is 229 g/mol. The molecule has 0 rings (SSSR count). The van der Waals surface area contributed by atoms with Gasteiger partial charge in [-0.2, -0.15) is 0 Å². The van der Waals surface area contributed by atoms with Crippen LogP contribution in [0.1, 0.15) is 48.0 Å². The normalized spacial score (nSPS) is 12.6. The van der Waals surface area contributed by atoms with Crippen LogP contribution in [0, 0.1) is 10.8 Å². The predicted molar refractivity (Wildman–Crippen MR) is 67.4 cm³/mol. The summed E-state index contributed by atoms with van der Waals surface area (Å²) in [6.07, 6.45) is 1.12. The van der Waals surface area contributed by atoms with Crippen LogP contribution >= 0.6 is 0 Å². The number of ether oxygens (including phenoxy) is 1. The van der Waals surface area contributed by atoms with Gasteiger partial charge in [-0.15, -0.1) is 0 Å². The Hall–Kier alpha value is -0.570. The fourth-order valence-electron chi connectivity index (χ4n) is 2.21. The molecule has 0 heterocycles. The van der Waals surface area contributed by atoms with Gasteiger partial charge in [-0.1, -0.05) is 34.6 Å². The van der Waals surface area contributed by atoms with Gasteiger partial charge in [-0.3, -0.25) is 4.79 Å². The number of carbonyl (C=O) groups excluding carboxylic acids is 1. The van der Waals surface area contributed by atoms with Crippen LogP contribution in [0.2, 0.25) is 0 Å². The molecule has 0 saturated heterocycles. The van der Waals surface area contributed by atoms with Crippen molar-refractivity contribution in [3.05, 3.63) is 0 Å². The Labute approximate surface area is 99.9 Å². The molecule has 3 nitrogen and oxygen atoms in total. The molecule has 0 radical (unpaired) electrons. The largest absolute Gasteiger partial charge is 0.465 e. The predicted octanol–water partition coefficient (Wildman–Crippen LogP) is 2.60. The zero-order valence-corrected chi connectivity index (χ0v) is 11.6. The number of nitrogens with one attached hydrogen (secondary N) is 1. The van der Waals surface area contributed by atoms with Crippen LogP contribution in [0.25, 0.3) is 0 Å². The summed E-state index contributed by atoms with van der Waals surface area (Å²) in [5.41, 5.74) is 0.514. The highest BCUT2D eigenvalue weighted by Crippen LogP contribution is 2.32. The Morgan fingerprint density at radius 3 is 2.19 bits per heavy atom. The summed E-state index contributed by atoms with van der Waals surface area (Å²) in [6, 6.07) is 0. The summed E-state index contributed by atoms with van der Waals surface area (Å²) >= 11 is 0. The minimum Gasteiger partial charge on any atom is -0.465 e. The van der Waals surface area contributed by atoms with Crippen molar-refractivity contribution >= 4 is 5.97 Å². The van der Waals surface area contributed by atoms with Crippen LogP contribution in [0.4, 0.5) is 0 Å². The number of hydrogen-bond acceptors (Lipinski definition) is 3. The van der Waals surface area contributed by atoms with E-state index in [1.165, 1.54) is 0 Å². The second-order valence-corrected chi connectivity index (χ2v) is 6.31. The van der Waals surface area contributed by atoms with Crippen LogP contribution in [-0.4, -0.2) is 25.7 Å². The van der Waals surface area contributed by atoms with Gasteiger partial charge in [0.15, 0.2) is 0 Å². The number of rotatable bonds is 6. The molecule has 1 N–H and O–H groups in total. The van der Waals surface area contributed by atoms with Crippen molar-refractivity contribution in [2.24, 2.45) is 10.8 Å². The fraction of sp³-hybridized carbons (Fsp3) is 0.923. The highest BCUT2D eigenvalue weighted by atomic mass is 16.5. The molecule has 3 heteroatoms. The van der Waals surface area contributed by atoms with E-state index in [-0.39, 0.29) is 11.4 Å². The molecular formula is C13H27NO2. The average Bonchev–Trinajstić information content (AvgIpc) is 1.98. The maximum Gasteiger partial charge on any atom is 0.319 e. The summed E-state index contributed by atoms with van der Waals surface area (Å²) in [5, 5.41) is 3.16. The first-order valence-corrected chi connectivity index (χ1v) is 6.03. The van der Waals surface area contributed by atoms with E-state index in [9.17, 15) is 4.79 Å². The standard InChI is InChI=1S/C13H27NO2/c1-7-16-11(15)8-14-10-13(5,6)9-12(2,3)4/h14H,7-10H2,1-6H3. The highest BCUT2D eigenvalue weighted by Gasteiger charge is 2.25. The van der Waals surface area contributed by atoms with Crippen molar-refractivity contribution in [3.63, 3.8) is 0 Å². The first kappa shape index (κ1) is 15.4. The molecule has 0 spiro atoms. The van der Waals surface area contributed by atoms with Crippen molar-refractivity contribution < 1.29 is 9.53 Å². The van der Waals surface area contributed by atoms with Crippen molar-refractivity contribution in [1.29, 1.82) is 0 Å². The van der Waals surface area contributed by atoms with E-state index in [1.54, 1.807) is 0 Å². The molecule has 16 heavy (non-hydrogen) atoms. The van der Waals surface area contributed by atoms with Crippen LogP contribution in [0.15, 0.2) is 0 Å². The van der Waals surface area contributed by atoms with Gasteiger partial charge < -0.3 is 10.1 Å². The maximum atomic E-state index is 11.1. The van der Waals surface area contributed by atoms with Crippen molar-refractivity contribution in [3.8, 4) is 0 Å². The minimum absolute atomic E-state index is 0.172. The molecule has 0 saturated carbocycles. The molecule has 0 aliphatic rings. The van der Waals surface area contributed by atoms with Gasteiger partial charge in [0.2, 0.25) is 0 Å². The van der Waals surface area contributed by atoms with Gasteiger partial charge in [0.05, 0.1) is 13.2 Å². The molecule has 96 valence electrons. The smallest absolute Gasteiger partial charge is 0.319 e. The SMILES string of the molecule is CCOC(=O)CNCC(C)(C)CC(C)(C)C. The lowest BCUT2D eigenvalue weighted by Crippen LogP contribution is -2.35. The van der Waals surface area contributed by atoms with E-state index in [0.717, 1.165) is 13.0 Å². The van der Waals surface area contributed by atoms with Crippen molar-refractivity contribution in [2.45, 2.75) is 48.0 Å². The third kappa shape index (κ3) is 8.72. The van der Waals surface area contributed by atoms with Crippen LogP contribution < -0.4 is 5.32 Å². The maximum absolute atomic E-state index is 11.1. The van der Waals surface area contributed by atoms with E-state index in [2.05, 4.69) is 39.9 Å². The molecule has 0 amide bonds. The van der Waals surface area contributed by atoms with Crippen molar-refractivity contribution in [2.75, 3.05) is 19.7 Å². The highest BCUT2D eigenvalue weighted by molar-refractivity contribution is 5.71. The molecular weight excluding hydrogens is 202 g/mol. The molecule has 0 aromatic carbocycles. The minimum atomic E-state index is -0.172. The third-order valence-electron chi connectivity index (χ3n) is 2.19. The zero-order valence-electron chi connectivity index (χ0n) is 11.6. The van der Waals surface area contributed by atoms with Gasteiger partial charge in [-0.05, 0) is 24.2 Å². The first-order valence-electron chi connectivity index (χ1n) is 6.03. The van der Waals surface area contributed by atoms with Gasteiger partial charge in [-0.25, -0.2) is 0 Å². The molecule has 0 bridgehead atoms. The lowest BCUT2D eigenvalue weighted by atomic mass is 9.76. The van der Waals surface area contributed by atoms with E-state index in [1.807, 2.05) is 6.92 Å². The monoisotopic (exact) mass is 229 g/mol. The molecule has 0 aliphatic carbocycles. The van der Waals surface area contributed by atoms with Gasteiger partial charge in [0.25, 0.3) is 0 Å². The van der Waals surface area contributed by atoms with E-state index in [4.69, 9.17) is 4.74 Å². The van der Waals surface area contributed by atoms with E-state index < -0.39 is 0 Å². The molecule has 0 fully saturated rings. The third-order valence-corrected chi connectivity index (χ3v) is 2.19. The molecule has 0 aliphatic heterocycles. The Kier molecular flexibility index (Phi) is 6.01. The Balaban J connectivity index is 3.87. The second-order valence-electron chi connectivity index (χ2n) is 6.31. The molecule has 0 aromatic rings. The second kappa shape index (κ2) is 6.24. The number of hydrogen-bond donors (Lipinski definition) is 1. The quantitative estimate of drug-likeness (QED) is 0.711.